The lowest BCUT2D eigenvalue weighted by atomic mass is 9.86. The van der Waals surface area contributed by atoms with E-state index in [0.717, 1.165) is 23.0 Å². The van der Waals surface area contributed by atoms with Gasteiger partial charge in [-0.1, -0.05) is 75.0 Å². The first-order valence-corrected chi connectivity index (χ1v) is 11.5. The van der Waals surface area contributed by atoms with Crippen LogP contribution in [0.5, 0.6) is 0 Å². The second kappa shape index (κ2) is 9.19. The molecule has 0 aliphatic heterocycles. The molecule has 33 heavy (non-hydrogen) atoms. The Hall–Kier alpha value is -3.45. The highest BCUT2D eigenvalue weighted by molar-refractivity contribution is 7.99. The number of nitrogens with zero attached hydrogens (tertiary/aromatic N) is 2. The van der Waals surface area contributed by atoms with Crippen molar-refractivity contribution < 1.29 is 9.18 Å². The van der Waals surface area contributed by atoms with E-state index in [1.165, 1.54) is 16.7 Å². The van der Waals surface area contributed by atoms with Crippen LogP contribution in [0.4, 0.5) is 10.1 Å². The first-order chi connectivity index (χ1) is 15.8. The van der Waals surface area contributed by atoms with Gasteiger partial charge < -0.3 is 5.32 Å². The van der Waals surface area contributed by atoms with Crippen LogP contribution in [0.2, 0.25) is 0 Å². The van der Waals surface area contributed by atoms with Crippen LogP contribution in [0.1, 0.15) is 26.3 Å². The van der Waals surface area contributed by atoms with E-state index in [1.54, 1.807) is 36.4 Å². The van der Waals surface area contributed by atoms with Crippen molar-refractivity contribution in [2.75, 3.05) is 11.1 Å². The summed E-state index contributed by atoms with van der Waals surface area (Å²) in [6.45, 7) is 6.25. The Bertz CT molecular complexity index is 1390. The van der Waals surface area contributed by atoms with E-state index >= 15 is 0 Å². The molecule has 1 aromatic heterocycles. The summed E-state index contributed by atoms with van der Waals surface area (Å²) in [5.41, 5.74) is 1.84. The number of benzene rings is 3. The Kier molecular flexibility index (Phi) is 6.33. The van der Waals surface area contributed by atoms with Gasteiger partial charge in [-0.2, -0.15) is 0 Å². The Morgan fingerprint density at radius 3 is 2.42 bits per heavy atom. The molecule has 0 atom stereocenters. The highest BCUT2D eigenvalue weighted by Crippen LogP contribution is 2.30. The predicted molar refractivity (Wildman–Crippen MR) is 132 cm³/mol. The summed E-state index contributed by atoms with van der Waals surface area (Å²) < 4.78 is 15.8. The van der Waals surface area contributed by atoms with Crippen molar-refractivity contribution in [3.8, 4) is 5.69 Å². The molecule has 3 aromatic carbocycles. The van der Waals surface area contributed by atoms with Crippen molar-refractivity contribution in [3.63, 3.8) is 0 Å². The maximum Gasteiger partial charge on any atom is 0.266 e. The van der Waals surface area contributed by atoms with E-state index in [9.17, 15) is 14.0 Å². The summed E-state index contributed by atoms with van der Waals surface area (Å²) in [7, 11) is 0. The minimum Gasteiger partial charge on any atom is -0.325 e. The van der Waals surface area contributed by atoms with Gasteiger partial charge in [-0.3, -0.25) is 14.2 Å². The second-order valence-corrected chi connectivity index (χ2v) is 9.58. The summed E-state index contributed by atoms with van der Waals surface area (Å²) >= 11 is 1.09. The molecule has 0 bridgehead atoms. The first kappa shape index (κ1) is 22.7. The zero-order valence-corrected chi connectivity index (χ0v) is 19.4. The number of para-hydroxylation sites is 3. The number of thioether (sulfide) groups is 1. The summed E-state index contributed by atoms with van der Waals surface area (Å²) in [5, 5.41) is 3.60. The summed E-state index contributed by atoms with van der Waals surface area (Å²) in [4.78, 5) is 30.6. The molecule has 0 saturated heterocycles. The summed E-state index contributed by atoms with van der Waals surface area (Å²) in [6.07, 6.45) is 0. The molecule has 1 heterocycles. The van der Waals surface area contributed by atoms with E-state index in [2.05, 4.69) is 31.1 Å². The van der Waals surface area contributed by atoms with Gasteiger partial charge in [0.1, 0.15) is 5.82 Å². The van der Waals surface area contributed by atoms with Gasteiger partial charge in [0.2, 0.25) is 5.91 Å². The van der Waals surface area contributed by atoms with Crippen molar-refractivity contribution in [1.82, 2.24) is 9.55 Å². The third kappa shape index (κ3) is 4.83. The molecule has 0 fully saturated rings. The van der Waals surface area contributed by atoms with Gasteiger partial charge in [0.05, 0.1) is 22.3 Å². The lowest BCUT2D eigenvalue weighted by molar-refractivity contribution is -0.113. The minimum absolute atomic E-state index is 0.0116. The van der Waals surface area contributed by atoms with Crippen molar-refractivity contribution in [1.29, 1.82) is 0 Å². The van der Waals surface area contributed by atoms with Gasteiger partial charge in [-0.25, -0.2) is 9.37 Å². The summed E-state index contributed by atoms with van der Waals surface area (Å²) in [5.74, 6) is -0.765. The maximum absolute atomic E-state index is 14.6. The van der Waals surface area contributed by atoms with Gasteiger partial charge in [0.25, 0.3) is 5.56 Å². The van der Waals surface area contributed by atoms with Crippen molar-refractivity contribution in [3.05, 3.63) is 94.5 Å². The molecule has 4 aromatic rings. The van der Waals surface area contributed by atoms with Crippen LogP contribution in [0.15, 0.2) is 82.7 Å². The average Bonchev–Trinajstić information content (AvgIpc) is 2.78. The number of carbonyl (C=O) groups is 1. The fourth-order valence-electron chi connectivity index (χ4n) is 3.62. The van der Waals surface area contributed by atoms with Crippen molar-refractivity contribution in [2.45, 2.75) is 31.3 Å². The molecule has 0 spiro atoms. The highest BCUT2D eigenvalue weighted by atomic mass is 32.2. The molecular weight excluding hydrogens is 437 g/mol. The number of aromatic nitrogens is 2. The lowest BCUT2D eigenvalue weighted by Crippen LogP contribution is -2.24. The van der Waals surface area contributed by atoms with E-state index in [4.69, 9.17) is 0 Å². The smallest absolute Gasteiger partial charge is 0.266 e. The van der Waals surface area contributed by atoms with Crippen LogP contribution in [0, 0.1) is 5.82 Å². The van der Waals surface area contributed by atoms with Gasteiger partial charge in [-0.05, 0) is 41.3 Å². The molecule has 1 N–H and O–H groups in total. The molecule has 1 amide bonds. The molecule has 0 aliphatic rings. The number of nitrogens with one attached hydrogen (secondary N) is 1. The monoisotopic (exact) mass is 461 g/mol. The molecule has 0 radical (unpaired) electrons. The molecule has 7 heteroatoms. The summed E-state index contributed by atoms with van der Waals surface area (Å²) in [6, 6.07) is 20.6. The number of hydrogen-bond acceptors (Lipinski definition) is 4. The Labute approximate surface area is 195 Å². The zero-order chi connectivity index (χ0) is 23.6. The third-order valence-electron chi connectivity index (χ3n) is 5.18. The quantitative estimate of drug-likeness (QED) is 0.313. The van der Waals surface area contributed by atoms with Gasteiger partial charge in [0, 0.05) is 5.69 Å². The Morgan fingerprint density at radius 2 is 1.67 bits per heavy atom. The van der Waals surface area contributed by atoms with Gasteiger partial charge >= 0.3 is 0 Å². The van der Waals surface area contributed by atoms with Crippen LogP contribution in [0.3, 0.4) is 0 Å². The fraction of sp³-hybridized carbons (Fsp3) is 0.192. The van der Waals surface area contributed by atoms with Gasteiger partial charge in [-0.15, -0.1) is 0 Å². The fourth-order valence-corrected chi connectivity index (χ4v) is 4.42. The molecule has 0 aliphatic carbocycles. The van der Waals surface area contributed by atoms with E-state index in [0.29, 0.717) is 10.9 Å². The van der Waals surface area contributed by atoms with Crippen LogP contribution in [0.25, 0.3) is 16.6 Å². The molecule has 0 saturated carbocycles. The third-order valence-corrected chi connectivity index (χ3v) is 6.12. The molecule has 4 rings (SSSR count). The topological polar surface area (TPSA) is 64.0 Å². The van der Waals surface area contributed by atoms with Gasteiger partial charge in [0.15, 0.2) is 5.16 Å². The van der Waals surface area contributed by atoms with Crippen molar-refractivity contribution in [2.24, 2.45) is 0 Å². The normalized spacial score (nSPS) is 11.5. The second-order valence-electron chi connectivity index (χ2n) is 8.64. The van der Waals surface area contributed by atoms with E-state index in [1.807, 2.05) is 24.3 Å². The zero-order valence-electron chi connectivity index (χ0n) is 18.6. The highest BCUT2D eigenvalue weighted by Gasteiger charge is 2.20. The molecule has 0 unspecified atom stereocenters. The van der Waals surface area contributed by atoms with E-state index < -0.39 is 5.82 Å². The maximum atomic E-state index is 14.6. The van der Waals surface area contributed by atoms with E-state index in [-0.39, 0.29) is 33.5 Å². The van der Waals surface area contributed by atoms with Crippen LogP contribution in [-0.2, 0) is 10.2 Å². The predicted octanol–water partition coefficient (Wildman–Crippen LogP) is 5.55. The lowest BCUT2D eigenvalue weighted by Gasteiger charge is -2.23. The van der Waals surface area contributed by atoms with Crippen LogP contribution in [-0.4, -0.2) is 21.2 Å². The SMILES string of the molecule is CC(C)(C)c1ccccc1NC(=O)CSc1nc2ccccc2c(=O)n1-c1ccccc1F. The first-order valence-electron chi connectivity index (χ1n) is 10.5. The largest absolute Gasteiger partial charge is 0.325 e. The van der Waals surface area contributed by atoms with Crippen molar-refractivity contribution >= 4 is 34.3 Å². The van der Waals surface area contributed by atoms with Crippen LogP contribution >= 0.6 is 11.8 Å². The van der Waals surface area contributed by atoms with Crippen LogP contribution < -0.4 is 10.9 Å². The number of amides is 1. The number of halogens is 1. The number of hydrogen-bond donors (Lipinski definition) is 1. The Morgan fingerprint density at radius 1 is 1.00 bits per heavy atom. The number of carbonyl (C=O) groups excluding carboxylic acids is 1. The molecule has 5 nitrogen and oxygen atoms in total. The average molecular weight is 462 g/mol. The minimum atomic E-state index is -0.540. The number of rotatable bonds is 5. The standard InChI is InChI=1S/C26H24FN3O2S/c1-26(2,3)18-11-5-8-14-21(18)28-23(31)16-33-25-29-20-13-7-4-10-17(20)24(32)30(25)22-15-9-6-12-19(22)27/h4-15H,16H2,1-3H3,(H,28,31). The number of anilines is 1. The molecular formula is C26H24FN3O2S. The molecule has 168 valence electrons. The number of fused-ring (bicyclic) bond motifs is 1. The Balaban J connectivity index is 1.67.